The molecule has 0 saturated carbocycles. The second-order valence-corrected chi connectivity index (χ2v) is 7.77. The molecule has 1 N–H and O–H groups in total. The molecule has 1 aliphatic rings. The largest absolute Gasteiger partial charge is 0.416 e. The van der Waals surface area contributed by atoms with E-state index in [2.05, 4.69) is 27.4 Å². The first-order chi connectivity index (χ1) is 14.3. The Labute approximate surface area is 173 Å². The average Bonchev–Trinajstić information content (AvgIpc) is 2.73. The summed E-state index contributed by atoms with van der Waals surface area (Å²) in [5.41, 5.74) is 1.93. The Hall–Kier alpha value is -2.67. The van der Waals surface area contributed by atoms with Gasteiger partial charge in [-0.05, 0) is 68.0 Å². The maximum Gasteiger partial charge on any atom is 0.416 e. The first kappa shape index (κ1) is 20.6. The van der Waals surface area contributed by atoms with Crippen molar-refractivity contribution in [1.29, 1.82) is 0 Å². The van der Waals surface area contributed by atoms with Gasteiger partial charge in [-0.25, -0.2) is 9.97 Å². The van der Waals surface area contributed by atoms with Gasteiger partial charge in [-0.2, -0.15) is 13.2 Å². The van der Waals surface area contributed by atoms with E-state index >= 15 is 0 Å². The van der Waals surface area contributed by atoms with Gasteiger partial charge < -0.3 is 10.1 Å². The fourth-order valence-corrected chi connectivity index (χ4v) is 3.93. The highest BCUT2D eigenvalue weighted by atomic mass is 19.4. The Morgan fingerprint density at radius 2 is 1.83 bits per heavy atom. The Morgan fingerprint density at radius 3 is 2.57 bits per heavy atom. The van der Waals surface area contributed by atoms with Gasteiger partial charge >= 0.3 is 6.18 Å². The van der Waals surface area contributed by atoms with Crippen LogP contribution in [-0.2, 0) is 10.9 Å². The lowest BCUT2D eigenvalue weighted by Crippen LogP contribution is -2.14. The number of hydrogen-bond acceptors (Lipinski definition) is 4. The first-order valence-electron chi connectivity index (χ1n) is 10.1. The Morgan fingerprint density at radius 1 is 1.07 bits per heavy atom. The third kappa shape index (κ3) is 4.41. The molecule has 1 saturated heterocycles. The predicted octanol–water partition coefficient (Wildman–Crippen LogP) is 6.02. The van der Waals surface area contributed by atoms with Crippen LogP contribution in [0.5, 0.6) is 0 Å². The maximum atomic E-state index is 13.1. The number of ether oxygens (including phenoxy) is 1. The lowest BCUT2D eigenvalue weighted by atomic mass is 9.91. The number of nitrogens with zero attached hydrogens (tertiary/aromatic N) is 2. The van der Waals surface area contributed by atoms with Crippen molar-refractivity contribution in [2.24, 2.45) is 0 Å². The van der Waals surface area contributed by atoms with Crippen molar-refractivity contribution in [1.82, 2.24) is 9.97 Å². The van der Waals surface area contributed by atoms with Crippen molar-refractivity contribution in [3.8, 4) is 0 Å². The molecule has 0 radical (unpaired) electrons. The third-order valence-corrected chi connectivity index (χ3v) is 5.59. The summed E-state index contributed by atoms with van der Waals surface area (Å²) < 4.78 is 44.7. The Bertz CT molecular complexity index is 1050. The summed E-state index contributed by atoms with van der Waals surface area (Å²) in [5, 5.41) is 4.19. The number of halogens is 3. The van der Waals surface area contributed by atoms with Crippen LogP contribution in [-0.4, -0.2) is 23.2 Å². The summed E-state index contributed by atoms with van der Waals surface area (Å²) in [6.07, 6.45) is -2.42. The molecule has 7 heteroatoms. The summed E-state index contributed by atoms with van der Waals surface area (Å²) in [6.45, 7) is 5.16. The molecule has 1 atom stereocenters. The van der Waals surface area contributed by atoms with Crippen molar-refractivity contribution in [3.05, 3.63) is 65.0 Å². The van der Waals surface area contributed by atoms with Gasteiger partial charge in [0.15, 0.2) is 0 Å². The second-order valence-electron chi connectivity index (χ2n) is 7.77. The Kier molecular flexibility index (Phi) is 5.64. The van der Waals surface area contributed by atoms with Gasteiger partial charge in [0, 0.05) is 24.6 Å². The summed E-state index contributed by atoms with van der Waals surface area (Å²) in [6, 6.07) is 11.2. The molecule has 0 spiro atoms. The molecule has 2 aromatic carbocycles. The zero-order chi connectivity index (χ0) is 21.3. The molecule has 2 heterocycles. The van der Waals surface area contributed by atoms with Crippen LogP contribution in [0.4, 0.5) is 19.0 Å². The molecule has 30 heavy (non-hydrogen) atoms. The summed E-state index contributed by atoms with van der Waals surface area (Å²) in [7, 11) is 0. The van der Waals surface area contributed by atoms with Crippen molar-refractivity contribution in [2.75, 3.05) is 18.5 Å². The van der Waals surface area contributed by atoms with E-state index in [0.29, 0.717) is 23.1 Å². The molecule has 4 rings (SSSR count). The molecule has 0 amide bonds. The number of aryl methyl sites for hydroxylation is 1. The van der Waals surface area contributed by atoms with Crippen LogP contribution in [0.15, 0.2) is 42.5 Å². The lowest BCUT2D eigenvalue weighted by molar-refractivity contribution is -0.137. The smallest absolute Gasteiger partial charge is 0.381 e. The Balaban J connectivity index is 1.67. The number of nitrogens with one attached hydrogen (secondary N) is 1. The van der Waals surface area contributed by atoms with Crippen LogP contribution in [0, 0.1) is 6.92 Å². The molecule has 0 bridgehead atoms. The van der Waals surface area contributed by atoms with E-state index in [1.54, 1.807) is 6.07 Å². The summed E-state index contributed by atoms with van der Waals surface area (Å²) >= 11 is 0. The first-order valence-corrected chi connectivity index (χ1v) is 10.1. The molecule has 158 valence electrons. The standard InChI is InChI=1S/C23H24F3N3O/c1-14(17-4-3-5-19(12-17)23(24,25)26)27-22-20-13-18(16-8-10-30-11-9-16)6-7-21(20)28-15(2)29-22/h3-7,12-14,16H,8-11H2,1-2H3,(H,27,28,29)/t14-/m1/s1. The van der Waals surface area contributed by atoms with E-state index in [1.165, 1.54) is 17.7 Å². The van der Waals surface area contributed by atoms with Crippen molar-refractivity contribution in [3.63, 3.8) is 0 Å². The van der Waals surface area contributed by atoms with Crippen LogP contribution in [0.1, 0.15) is 54.2 Å². The molecule has 1 fully saturated rings. The highest BCUT2D eigenvalue weighted by Crippen LogP contribution is 2.34. The minimum atomic E-state index is -4.37. The molecule has 0 aliphatic carbocycles. The van der Waals surface area contributed by atoms with Gasteiger partial charge in [0.1, 0.15) is 11.6 Å². The van der Waals surface area contributed by atoms with Crippen molar-refractivity contribution in [2.45, 2.75) is 44.8 Å². The van der Waals surface area contributed by atoms with Gasteiger partial charge in [-0.3, -0.25) is 0 Å². The second kappa shape index (κ2) is 8.22. The van der Waals surface area contributed by atoms with Gasteiger partial charge in [0.25, 0.3) is 0 Å². The van der Waals surface area contributed by atoms with E-state index < -0.39 is 11.7 Å². The molecule has 1 aliphatic heterocycles. The number of benzene rings is 2. The van der Waals surface area contributed by atoms with Crippen molar-refractivity contribution >= 4 is 16.7 Å². The van der Waals surface area contributed by atoms with Gasteiger partial charge in [0.05, 0.1) is 11.1 Å². The van der Waals surface area contributed by atoms with E-state index in [4.69, 9.17) is 4.74 Å². The third-order valence-electron chi connectivity index (χ3n) is 5.59. The van der Waals surface area contributed by atoms with Crippen LogP contribution in [0.25, 0.3) is 10.9 Å². The van der Waals surface area contributed by atoms with Crippen LogP contribution in [0.2, 0.25) is 0 Å². The SMILES string of the molecule is Cc1nc(N[C@H](C)c2cccc(C(F)(F)F)c2)c2cc(C3CCOCC3)ccc2n1. The van der Waals surface area contributed by atoms with Gasteiger partial charge in [-0.1, -0.05) is 18.2 Å². The monoisotopic (exact) mass is 415 g/mol. The van der Waals surface area contributed by atoms with E-state index in [0.717, 1.165) is 43.0 Å². The molecule has 4 nitrogen and oxygen atoms in total. The predicted molar refractivity (Wildman–Crippen MR) is 111 cm³/mol. The summed E-state index contributed by atoms with van der Waals surface area (Å²) in [4.78, 5) is 9.08. The van der Waals surface area contributed by atoms with Gasteiger partial charge in [0.2, 0.25) is 0 Å². The number of alkyl halides is 3. The van der Waals surface area contributed by atoms with Crippen molar-refractivity contribution < 1.29 is 17.9 Å². The van der Waals surface area contributed by atoms with Crippen LogP contribution in [0.3, 0.4) is 0 Å². The molecular weight excluding hydrogens is 391 g/mol. The highest BCUT2D eigenvalue weighted by molar-refractivity contribution is 5.90. The molecule has 3 aromatic rings. The fourth-order valence-electron chi connectivity index (χ4n) is 3.93. The quantitative estimate of drug-likeness (QED) is 0.566. The van der Waals surface area contributed by atoms with E-state index in [-0.39, 0.29) is 6.04 Å². The average molecular weight is 415 g/mol. The number of hydrogen-bond donors (Lipinski definition) is 1. The summed E-state index contributed by atoms with van der Waals surface area (Å²) in [5.74, 6) is 1.68. The number of rotatable bonds is 4. The topological polar surface area (TPSA) is 47.0 Å². The zero-order valence-electron chi connectivity index (χ0n) is 17.0. The highest BCUT2D eigenvalue weighted by Gasteiger charge is 2.30. The zero-order valence-corrected chi connectivity index (χ0v) is 17.0. The molecule has 1 aromatic heterocycles. The fraction of sp³-hybridized carbons (Fsp3) is 0.391. The maximum absolute atomic E-state index is 13.1. The molecule has 0 unspecified atom stereocenters. The minimum Gasteiger partial charge on any atom is -0.381 e. The molecular formula is C23H24F3N3O. The van der Waals surface area contributed by atoms with Gasteiger partial charge in [-0.15, -0.1) is 0 Å². The minimum absolute atomic E-state index is 0.350. The van der Waals surface area contributed by atoms with Crippen LogP contribution >= 0.6 is 0 Å². The van der Waals surface area contributed by atoms with E-state index in [1.807, 2.05) is 19.9 Å². The van der Waals surface area contributed by atoms with Crippen LogP contribution < -0.4 is 5.32 Å². The van der Waals surface area contributed by atoms with E-state index in [9.17, 15) is 13.2 Å². The normalized spacial score (nSPS) is 16.6. The number of anilines is 1. The lowest BCUT2D eigenvalue weighted by Gasteiger charge is -2.23. The number of fused-ring (bicyclic) bond motifs is 1. The number of aromatic nitrogens is 2.